The quantitative estimate of drug-likeness (QED) is 0.785. The maximum Gasteiger partial charge on any atom is 0.155 e. The molecule has 2 aliphatic heterocycles. The van der Waals surface area contributed by atoms with E-state index in [1.807, 2.05) is 11.8 Å². The van der Waals surface area contributed by atoms with Crippen molar-refractivity contribution in [2.24, 2.45) is 4.99 Å². The second-order valence-electron chi connectivity index (χ2n) is 3.72. The van der Waals surface area contributed by atoms with Crippen molar-refractivity contribution in [3.8, 4) is 0 Å². The van der Waals surface area contributed by atoms with Gasteiger partial charge in [0, 0.05) is 30.4 Å². The minimum absolute atomic E-state index is 0.256. The standard InChI is InChI=1S/C10H14BrFN2O/c1-2-15-8-5-14(6-8)10-9(12)3-7(11)4-13-10/h3-4,8-10H,2,5-6H2,1H3. The molecule has 1 saturated heterocycles. The number of allylic oxidation sites excluding steroid dienone is 1. The first-order chi connectivity index (χ1) is 7.20. The van der Waals surface area contributed by atoms with Crippen LogP contribution in [-0.4, -0.2) is 49.3 Å². The molecule has 2 unspecified atom stereocenters. The van der Waals surface area contributed by atoms with E-state index in [0.717, 1.165) is 19.7 Å². The maximum absolute atomic E-state index is 13.6. The van der Waals surface area contributed by atoms with Gasteiger partial charge in [0.25, 0.3) is 0 Å². The summed E-state index contributed by atoms with van der Waals surface area (Å²) in [5, 5.41) is 0. The largest absolute Gasteiger partial charge is 0.376 e. The smallest absolute Gasteiger partial charge is 0.155 e. The Bertz CT molecular complexity index is 289. The molecule has 0 bridgehead atoms. The van der Waals surface area contributed by atoms with E-state index in [4.69, 9.17) is 4.74 Å². The van der Waals surface area contributed by atoms with Crippen molar-refractivity contribution in [1.29, 1.82) is 0 Å². The van der Waals surface area contributed by atoms with Gasteiger partial charge in [-0.3, -0.25) is 9.89 Å². The normalized spacial score (nSPS) is 32.6. The molecule has 5 heteroatoms. The first-order valence-corrected chi connectivity index (χ1v) is 5.90. The van der Waals surface area contributed by atoms with Crippen molar-refractivity contribution >= 4 is 22.1 Å². The zero-order valence-corrected chi connectivity index (χ0v) is 10.2. The molecule has 84 valence electrons. The van der Waals surface area contributed by atoms with Gasteiger partial charge in [-0.1, -0.05) is 0 Å². The molecule has 2 rings (SSSR count). The number of hydrogen-bond donors (Lipinski definition) is 0. The molecule has 0 aliphatic carbocycles. The number of alkyl halides is 1. The van der Waals surface area contributed by atoms with Crippen molar-refractivity contribution in [3.05, 3.63) is 10.6 Å². The van der Waals surface area contributed by atoms with Crippen molar-refractivity contribution in [2.45, 2.75) is 25.4 Å². The topological polar surface area (TPSA) is 24.8 Å². The van der Waals surface area contributed by atoms with E-state index in [2.05, 4.69) is 20.9 Å². The number of likely N-dealkylation sites (tertiary alicyclic amines) is 1. The minimum atomic E-state index is -1.02. The second-order valence-corrected chi connectivity index (χ2v) is 4.63. The SMILES string of the molecule is CCOC1CN(C2N=CC(Br)=CC2F)C1. The van der Waals surface area contributed by atoms with Crippen molar-refractivity contribution < 1.29 is 9.13 Å². The molecule has 3 nitrogen and oxygen atoms in total. The average molecular weight is 277 g/mol. The van der Waals surface area contributed by atoms with Crippen LogP contribution in [0.3, 0.4) is 0 Å². The van der Waals surface area contributed by atoms with Crippen LogP contribution >= 0.6 is 15.9 Å². The third-order valence-corrected chi connectivity index (χ3v) is 3.08. The number of ether oxygens (including phenoxy) is 1. The third kappa shape index (κ3) is 2.46. The average Bonchev–Trinajstić information content (AvgIpc) is 2.12. The van der Waals surface area contributed by atoms with Crippen molar-refractivity contribution in [1.82, 2.24) is 4.90 Å². The van der Waals surface area contributed by atoms with Crippen LogP contribution in [0, 0.1) is 0 Å². The third-order valence-electron chi connectivity index (χ3n) is 2.61. The molecule has 0 radical (unpaired) electrons. The Kier molecular flexibility index (Phi) is 3.53. The van der Waals surface area contributed by atoms with Gasteiger partial charge in [0.05, 0.1) is 6.10 Å². The highest BCUT2D eigenvalue weighted by atomic mass is 79.9. The van der Waals surface area contributed by atoms with Gasteiger partial charge >= 0.3 is 0 Å². The van der Waals surface area contributed by atoms with Gasteiger partial charge in [0.2, 0.25) is 0 Å². The molecular formula is C10H14BrFN2O. The van der Waals surface area contributed by atoms with E-state index in [-0.39, 0.29) is 12.3 Å². The minimum Gasteiger partial charge on any atom is -0.376 e. The molecule has 0 aromatic carbocycles. The van der Waals surface area contributed by atoms with Gasteiger partial charge in [-0.15, -0.1) is 0 Å². The van der Waals surface area contributed by atoms with Gasteiger partial charge in [-0.25, -0.2) is 4.39 Å². The van der Waals surface area contributed by atoms with E-state index in [1.165, 1.54) is 0 Å². The lowest BCUT2D eigenvalue weighted by molar-refractivity contribution is -0.0750. The molecule has 2 heterocycles. The zero-order valence-electron chi connectivity index (χ0n) is 8.57. The van der Waals surface area contributed by atoms with Crippen LogP contribution in [0.5, 0.6) is 0 Å². The molecule has 2 aliphatic rings. The highest BCUT2D eigenvalue weighted by molar-refractivity contribution is 9.12. The highest BCUT2D eigenvalue weighted by Gasteiger charge is 2.37. The Morgan fingerprint density at radius 2 is 2.40 bits per heavy atom. The van der Waals surface area contributed by atoms with Crippen LogP contribution in [0.4, 0.5) is 4.39 Å². The van der Waals surface area contributed by atoms with E-state index < -0.39 is 6.17 Å². The summed E-state index contributed by atoms with van der Waals surface area (Å²) >= 11 is 3.21. The van der Waals surface area contributed by atoms with Gasteiger partial charge < -0.3 is 4.74 Å². The molecular weight excluding hydrogens is 263 g/mol. The summed E-state index contributed by atoms with van der Waals surface area (Å²) in [6.07, 6.45) is 2.09. The van der Waals surface area contributed by atoms with Crippen LogP contribution in [0.2, 0.25) is 0 Å². The number of rotatable bonds is 3. The summed E-state index contributed by atoms with van der Waals surface area (Å²) in [6, 6.07) is 0. The lowest BCUT2D eigenvalue weighted by Crippen LogP contribution is -2.58. The molecule has 0 spiro atoms. The zero-order chi connectivity index (χ0) is 10.8. The number of hydrogen-bond acceptors (Lipinski definition) is 3. The maximum atomic E-state index is 13.6. The predicted octanol–water partition coefficient (Wildman–Crippen LogP) is 1.73. The van der Waals surface area contributed by atoms with Crippen LogP contribution in [0.1, 0.15) is 6.92 Å². The molecule has 0 aromatic rings. The number of aliphatic imine (C=N–C) groups is 1. The molecule has 0 amide bonds. The summed E-state index contributed by atoms with van der Waals surface area (Å²) in [5.74, 6) is 0. The molecule has 2 atom stereocenters. The number of nitrogens with zero attached hydrogens (tertiary/aromatic N) is 2. The fraction of sp³-hybridized carbons (Fsp3) is 0.700. The summed E-state index contributed by atoms with van der Waals surface area (Å²) in [6.45, 7) is 4.25. The van der Waals surface area contributed by atoms with Crippen LogP contribution < -0.4 is 0 Å². The Labute approximate surface area is 97.1 Å². The highest BCUT2D eigenvalue weighted by Crippen LogP contribution is 2.24. The van der Waals surface area contributed by atoms with Gasteiger partial charge in [0.1, 0.15) is 6.17 Å². The number of dihydropyridines is 1. The summed E-state index contributed by atoms with van der Waals surface area (Å²) in [5.41, 5.74) is 0. The number of halogens is 2. The Balaban J connectivity index is 1.85. The summed E-state index contributed by atoms with van der Waals surface area (Å²) in [4.78, 5) is 6.16. The molecule has 0 aromatic heterocycles. The van der Waals surface area contributed by atoms with Crippen LogP contribution in [-0.2, 0) is 4.74 Å². The first-order valence-electron chi connectivity index (χ1n) is 5.11. The van der Waals surface area contributed by atoms with E-state index in [1.54, 1.807) is 12.3 Å². The Morgan fingerprint density at radius 3 is 3.00 bits per heavy atom. The van der Waals surface area contributed by atoms with E-state index in [9.17, 15) is 4.39 Å². The lowest BCUT2D eigenvalue weighted by Gasteiger charge is -2.43. The van der Waals surface area contributed by atoms with Crippen LogP contribution in [0.25, 0.3) is 0 Å². The molecule has 1 fully saturated rings. The van der Waals surface area contributed by atoms with Gasteiger partial charge in [-0.05, 0) is 28.9 Å². The van der Waals surface area contributed by atoms with Crippen molar-refractivity contribution in [2.75, 3.05) is 19.7 Å². The monoisotopic (exact) mass is 276 g/mol. The second kappa shape index (κ2) is 4.72. The summed E-state index contributed by atoms with van der Waals surface area (Å²) in [7, 11) is 0. The lowest BCUT2D eigenvalue weighted by atomic mass is 10.1. The molecule has 15 heavy (non-hydrogen) atoms. The van der Waals surface area contributed by atoms with Crippen LogP contribution in [0.15, 0.2) is 15.6 Å². The first kappa shape index (κ1) is 11.2. The van der Waals surface area contributed by atoms with Gasteiger partial charge in [0.15, 0.2) is 6.17 Å². The van der Waals surface area contributed by atoms with E-state index in [0.29, 0.717) is 4.48 Å². The van der Waals surface area contributed by atoms with E-state index >= 15 is 0 Å². The van der Waals surface area contributed by atoms with Crippen molar-refractivity contribution in [3.63, 3.8) is 0 Å². The Morgan fingerprint density at radius 1 is 1.67 bits per heavy atom. The summed E-state index contributed by atoms with van der Waals surface area (Å²) < 4.78 is 19.7. The molecule has 0 saturated carbocycles. The predicted molar refractivity (Wildman–Crippen MR) is 61.2 cm³/mol. The molecule has 0 N–H and O–H groups in total. The Hall–Kier alpha value is -0.260. The fourth-order valence-corrected chi connectivity index (χ4v) is 2.20. The van der Waals surface area contributed by atoms with Gasteiger partial charge in [-0.2, -0.15) is 0 Å². The fourth-order valence-electron chi connectivity index (χ4n) is 1.83.